The summed E-state index contributed by atoms with van der Waals surface area (Å²) in [5, 5.41) is 6.39. The van der Waals surface area contributed by atoms with Crippen LogP contribution in [0.15, 0.2) is 23.6 Å². The van der Waals surface area contributed by atoms with Crippen LogP contribution in [0.5, 0.6) is 0 Å². The highest BCUT2D eigenvalue weighted by Gasteiger charge is 2.15. The third-order valence-corrected chi connectivity index (χ3v) is 3.30. The standard InChI is InChI=1S/C8H11N5O2S/c1-6-9-5-8(13-6)16(14,15)12-4-7-2-10-11-3-7/h2-3,5,12H,4H2,1H3,(H,9,13)(H,10,11). The van der Waals surface area contributed by atoms with Gasteiger partial charge >= 0.3 is 0 Å². The fourth-order valence-electron chi connectivity index (χ4n) is 1.17. The van der Waals surface area contributed by atoms with Gasteiger partial charge in [0.1, 0.15) is 5.82 Å². The van der Waals surface area contributed by atoms with Crippen LogP contribution in [0, 0.1) is 6.92 Å². The van der Waals surface area contributed by atoms with E-state index in [0.717, 1.165) is 5.56 Å². The molecule has 0 bridgehead atoms. The third kappa shape index (κ3) is 2.28. The maximum Gasteiger partial charge on any atom is 0.257 e. The van der Waals surface area contributed by atoms with Gasteiger partial charge in [-0.3, -0.25) is 5.10 Å². The lowest BCUT2D eigenvalue weighted by Crippen LogP contribution is -2.23. The molecule has 0 fully saturated rings. The topological polar surface area (TPSA) is 104 Å². The van der Waals surface area contributed by atoms with E-state index in [4.69, 9.17) is 0 Å². The van der Waals surface area contributed by atoms with Crippen molar-refractivity contribution in [1.82, 2.24) is 24.9 Å². The van der Waals surface area contributed by atoms with Gasteiger partial charge in [-0.2, -0.15) is 5.10 Å². The number of nitrogens with zero attached hydrogens (tertiary/aromatic N) is 2. The number of imidazole rings is 1. The molecule has 0 aliphatic rings. The lowest BCUT2D eigenvalue weighted by molar-refractivity contribution is 0.578. The van der Waals surface area contributed by atoms with E-state index in [-0.39, 0.29) is 11.6 Å². The first kappa shape index (κ1) is 10.8. The van der Waals surface area contributed by atoms with E-state index in [1.807, 2.05) is 0 Å². The zero-order valence-electron chi connectivity index (χ0n) is 8.56. The van der Waals surface area contributed by atoms with Crippen LogP contribution in [0.4, 0.5) is 0 Å². The minimum absolute atomic E-state index is 0.0634. The van der Waals surface area contributed by atoms with Crippen molar-refractivity contribution < 1.29 is 8.42 Å². The fourth-order valence-corrected chi connectivity index (χ4v) is 2.15. The van der Waals surface area contributed by atoms with Crippen LogP contribution in [0.2, 0.25) is 0 Å². The maximum atomic E-state index is 11.7. The summed E-state index contributed by atoms with van der Waals surface area (Å²) in [6.45, 7) is 1.88. The van der Waals surface area contributed by atoms with E-state index in [9.17, 15) is 8.42 Å². The largest absolute Gasteiger partial charge is 0.332 e. The Morgan fingerprint density at radius 2 is 2.25 bits per heavy atom. The molecule has 0 saturated carbocycles. The summed E-state index contributed by atoms with van der Waals surface area (Å²) >= 11 is 0. The second kappa shape index (κ2) is 4.06. The number of hydrogen-bond acceptors (Lipinski definition) is 4. The summed E-state index contributed by atoms with van der Waals surface area (Å²) in [5.41, 5.74) is 0.764. The van der Waals surface area contributed by atoms with Gasteiger partial charge in [-0.05, 0) is 6.92 Å². The SMILES string of the molecule is Cc1ncc(S(=O)(=O)NCc2cn[nH]c2)[nH]1. The van der Waals surface area contributed by atoms with Crippen molar-refractivity contribution in [3.05, 3.63) is 30.0 Å². The predicted molar refractivity (Wildman–Crippen MR) is 55.9 cm³/mol. The number of hydrogen-bond donors (Lipinski definition) is 3. The smallest absolute Gasteiger partial charge is 0.257 e. The molecule has 2 aromatic heterocycles. The van der Waals surface area contributed by atoms with Crippen LogP contribution in [-0.2, 0) is 16.6 Å². The Bertz CT molecular complexity index is 557. The molecule has 3 N–H and O–H groups in total. The Hall–Kier alpha value is -1.67. The molecule has 0 radical (unpaired) electrons. The van der Waals surface area contributed by atoms with Crippen LogP contribution in [-0.4, -0.2) is 28.6 Å². The van der Waals surface area contributed by atoms with Gasteiger partial charge in [0.2, 0.25) is 0 Å². The van der Waals surface area contributed by atoms with Gasteiger partial charge < -0.3 is 4.98 Å². The van der Waals surface area contributed by atoms with Crippen molar-refractivity contribution in [3.63, 3.8) is 0 Å². The van der Waals surface area contributed by atoms with E-state index < -0.39 is 10.0 Å². The number of aryl methyl sites for hydroxylation is 1. The van der Waals surface area contributed by atoms with Crippen LogP contribution in [0.3, 0.4) is 0 Å². The fraction of sp³-hybridized carbons (Fsp3) is 0.250. The molecule has 2 rings (SSSR count). The molecule has 7 nitrogen and oxygen atoms in total. The average Bonchev–Trinajstić information content (AvgIpc) is 2.85. The first-order valence-corrected chi connectivity index (χ1v) is 6.05. The Morgan fingerprint density at radius 1 is 1.44 bits per heavy atom. The van der Waals surface area contributed by atoms with Crippen LogP contribution in [0.1, 0.15) is 11.4 Å². The van der Waals surface area contributed by atoms with Gasteiger partial charge in [0.05, 0.1) is 12.4 Å². The first-order chi connectivity index (χ1) is 7.58. The van der Waals surface area contributed by atoms with Crippen molar-refractivity contribution >= 4 is 10.0 Å². The predicted octanol–water partition coefficient (Wildman–Crippen LogP) is -0.0803. The number of aromatic amines is 2. The van der Waals surface area contributed by atoms with Gasteiger partial charge in [-0.15, -0.1) is 0 Å². The normalized spacial score (nSPS) is 11.8. The molecule has 0 aromatic carbocycles. The summed E-state index contributed by atoms with van der Waals surface area (Å²) in [5.74, 6) is 0.559. The summed E-state index contributed by atoms with van der Waals surface area (Å²) in [6.07, 6.45) is 4.47. The Balaban J connectivity index is 2.09. The zero-order valence-corrected chi connectivity index (χ0v) is 9.37. The number of sulfonamides is 1. The number of H-pyrrole nitrogens is 2. The molecule has 2 aromatic rings. The molecule has 0 aliphatic heterocycles. The van der Waals surface area contributed by atoms with Crippen molar-refractivity contribution in [3.8, 4) is 0 Å². The summed E-state index contributed by atoms with van der Waals surface area (Å²) in [4.78, 5) is 6.50. The van der Waals surface area contributed by atoms with E-state index in [2.05, 4.69) is 24.9 Å². The molecule has 0 aliphatic carbocycles. The Morgan fingerprint density at radius 3 is 2.81 bits per heavy atom. The molecule has 8 heteroatoms. The number of aromatic nitrogens is 4. The zero-order chi connectivity index (χ0) is 11.6. The maximum absolute atomic E-state index is 11.7. The molecule has 0 saturated heterocycles. The highest BCUT2D eigenvalue weighted by atomic mass is 32.2. The van der Waals surface area contributed by atoms with E-state index >= 15 is 0 Å². The van der Waals surface area contributed by atoms with Crippen molar-refractivity contribution in [2.24, 2.45) is 0 Å². The van der Waals surface area contributed by atoms with Crippen LogP contribution in [0.25, 0.3) is 0 Å². The van der Waals surface area contributed by atoms with Gasteiger partial charge in [0, 0.05) is 18.3 Å². The van der Waals surface area contributed by atoms with Crippen molar-refractivity contribution in [2.75, 3.05) is 0 Å². The molecule has 16 heavy (non-hydrogen) atoms. The minimum atomic E-state index is -3.53. The molecule has 0 amide bonds. The quantitative estimate of drug-likeness (QED) is 0.696. The highest BCUT2D eigenvalue weighted by Crippen LogP contribution is 2.05. The van der Waals surface area contributed by atoms with Crippen molar-refractivity contribution in [1.29, 1.82) is 0 Å². The molecule has 86 valence electrons. The summed E-state index contributed by atoms with van der Waals surface area (Å²) in [7, 11) is -3.53. The Kier molecular flexibility index (Phi) is 2.75. The molecule has 0 atom stereocenters. The minimum Gasteiger partial charge on any atom is -0.332 e. The second-order valence-corrected chi connectivity index (χ2v) is 5.00. The average molecular weight is 241 g/mol. The molecule has 0 spiro atoms. The lowest BCUT2D eigenvalue weighted by atomic mass is 10.4. The second-order valence-electron chi connectivity index (χ2n) is 3.26. The van der Waals surface area contributed by atoms with Gasteiger partial charge in [0.15, 0.2) is 5.03 Å². The van der Waals surface area contributed by atoms with Crippen LogP contribution < -0.4 is 4.72 Å². The third-order valence-electron chi connectivity index (χ3n) is 1.99. The van der Waals surface area contributed by atoms with Gasteiger partial charge in [-0.1, -0.05) is 0 Å². The lowest BCUT2D eigenvalue weighted by Gasteiger charge is -2.02. The van der Waals surface area contributed by atoms with Gasteiger partial charge in [0.25, 0.3) is 10.0 Å². The van der Waals surface area contributed by atoms with E-state index in [1.54, 1.807) is 19.3 Å². The monoisotopic (exact) mass is 241 g/mol. The first-order valence-electron chi connectivity index (χ1n) is 4.57. The molecular formula is C8H11N5O2S. The summed E-state index contributed by atoms with van der Waals surface area (Å²) < 4.78 is 25.9. The number of nitrogens with one attached hydrogen (secondary N) is 3. The van der Waals surface area contributed by atoms with Crippen LogP contribution >= 0.6 is 0 Å². The highest BCUT2D eigenvalue weighted by molar-refractivity contribution is 7.89. The van der Waals surface area contributed by atoms with Gasteiger partial charge in [-0.25, -0.2) is 18.1 Å². The summed E-state index contributed by atoms with van der Waals surface area (Å²) in [6, 6.07) is 0. The Labute approximate surface area is 92.4 Å². The molecule has 2 heterocycles. The molecule has 0 unspecified atom stereocenters. The van der Waals surface area contributed by atoms with Crippen molar-refractivity contribution in [2.45, 2.75) is 18.5 Å². The van der Waals surface area contributed by atoms with E-state index in [0.29, 0.717) is 5.82 Å². The molecular weight excluding hydrogens is 230 g/mol. The van der Waals surface area contributed by atoms with E-state index in [1.165, 1.54) is 6.20 Å². The number of rotatable bonds is 4.